The van der Waals surface area contributed by atoms with Crippen molar-refractivity contribution in [3.05, 3.63) is 41.5 Å². The molecule has 4 rings (SSSR count). The molecule has 8 N–H and O–H groups in total. The van der Waals surface area contributed by atoms with Gasteiger partial charge in [-0.05, 0) is 12.1 Å². The van der Waals surface area contributed by atoms with Gasteiger partial charge in [-0.2, -0.15) is 0 Å². The van der Waals surface area contributed by atoms with E-state index in [-0.39, 0.29) is 28.4 Å². The number of fused-ring (bicyclic) bond motifs is 1. The van der Waals surface area contributed by atoms with Crippen LogP contribution < -0.4 is 4.74 Å². The highest BCUT2D eigenvalue weighted by Crippen LogP contribution is 2.44. The molecule has 2 aliphatic rings. The van der Waals surface area contributed by atoms with Crippen molar-refractivity contribution in [3.63, 3.8) is 0 Å². The molecule has 0 aromatic heterocycles. The molecule has 12 heteroatoms. The molecule has 0 bridgehead atoms. The smallest absolute Gasteiger partial charge is 0.203 e. The maximum Gasteiger partial charge on any atom is 0.203 e. The van der Waals surface area contributed by atoms with Crippen molar-refractivity contribution in [1.82, 2.24) is 0 Å². The summed E-state index contributed by atoms with van der Waals surface area (Å²) in [5, 5.41) is 79.4. The number of ether oxygens (including phenoxy) is 3. The summed E-state index contributed by atoms with van der Waals surface area (Å²) in [6.07, 6.45) is -11.3. The molecule has 33 heavy (non-hydrogen) atoms. The first-order valence-corrected chi connectivity index (χ1v) is 9.86. The van der Waals surface area contributed by atoms with Crippen molar-refractivity contribution >= 4 is 5.78 Å². The van der Waals surface area contributed by atoms with E-state index in [0.717, 1.165) is 18.2 Å². The van der Waals surface area contributed by atoms with Crippen LogP contribution in [0.4, 0.5) is 0 Å². The fraction of sp³-hybridized carbons (Fsp3) is 0.381. The van der Waals surface area contributed by atoms with Crippen LogP contribution in [0.15, 0.2) is 30.3 Å². The van der Waals surface area contributed by atoms with Crippen molar-refractivity contribution in [2.24, 2.45) is 0 Å². The van der Waals surface area contributed by atoms with Crippen LogP contribution in [0.3, 0.4) is 0 Å². The summed E-state index contributed by atoms with van der Waals surface area (Å²) in [4.78, 5) is 13.3. The van der Waals surface area contributed by atoms with Gasteiger partial charge in [0.25, 0.3) is 0 Å². The number of aromatic hydroxyl groups is 4. The van der Waals surface area contributed by atoms with Gasteiger partial charge in [0.1, 0.15) is 58.7 Å². The van der Waals surface area contributed by atoms with E-state index in [2.05, 4.69) is 0 Å². The molecule has 2 heterocycles. The molecular weight excluding hydrogens is 444 g/mol. The molecule has 0 saturated carbocycles. The van der Waals surface area contributed by atoms with Crippen LogP contribution in [0, 0.1) is 0 Å². The number of hydrogen-bond donors (Lipinski definition) is 8. The Morgan fingerprint density at radius 3 is 2.12 bits per heavy atom. The van der Waals surface area contributed by atoms with Gasteiger partial charge < -0.3 is 55.1 Å². The predicted molar refractivity (Wildman–Crippen MR) is 106 cm³/mol. The monoisotopic (exact) mass is 466 g/mol. The van der Waals surface area contributed by atoms with Gasteiger partial charge in [0, 0.05) is 23.8 Å². The summed E-state index contributed by atoms with van der Waals surface area (Å²) in [5.74, 6) is -2.81. The lowest BCUT2D eigenvalue weighted by molar-refractivity contribution is -0.311. The molecule has 0 amide bonds. The van der Waals surface area contributed by atoms with Gasteiger partial charge in [0.2, 0.25) is 5.78 Å². The number of aliphatic hydroxyl groups excluding tert-OH is 4. The molecule has 1 saturated heterocycles. The Bertz CT molecular complexity index is 1030. The van der Waals surface area contributed by atoms with E-state index in [9.17, 15) is 45.6 Å². The first kappa shape index (κ1) is 23.0. The number of aliphatic hydroxyl groups is 4. The Balaban J connectivity index is 1.76. The standard InChI is InChI=1S/C21H22O12/c22-6-13-15(27)17(29)18(30)21(32-13)33-20-16(28)14-11(26)4-10(25)5-12(14)31-19(20)7-1-8(23)3-9(24)2-7/h1-5,13,15,17-27,29-30H,6H2. The van der Waals surface area contributed by atoms with E-state index in [1.54, 1.807) is 0 Å². The van der Waals surface area contributed by atoms with Gasteiger partial charge in [-0.15, -0.1) is 0 Å². The third kappa shape index (κ3) is 4.15. The lowest BCUT2D eigenvalue weighted by atomic mass is 9.92. The number of ketones is 1. The highest BCUT2D eigenvalue weighted by molar-refractivity contribution is 6.05. The molecule has 2 aliphatic heterocycles. The van der Waals surface area contributed by atoms with Gasteiger partial charge in [-0.25, -0.2) is 0 Å². The summed E-state index contributed by atoms with van der Waals surface area (Å²) in [7, 11) is 0. The lowest BCUT2D eigenvalue weighted by Crippen LogP contribution is -2.60. The second-order valence-corrected chi connectivity index (χ2v) is 7.78. The molecule has 178 valence electrons. The number of Topliss-reactive ketones (excluding diaryl/α,β-unsaturated/α-hetero) is 1. The quantitative estimate of drug-likeness (QED) is 0.273. The zero-order chi connectivity index (χ0) is 24.0. The normalized spacial score (nSPS) is 31.6. The molecule has 0 aliphatic carbocycles. The average molecular weight is 466 g/mol. The summed E-state index contributed by atoms with van der Waals surface area (Å²) in [5.41, 5.74) is -0.285. The second-order valence-electron chi connectivity index (χ2n) is 7.78. The lowest BCUT2D eigenvalue weighted by Gasteiger charge is -2.42. The minimum absolute atomic E-state index is 0.0592. The fourth-order valence-electron chi connectivity index (χ4n) is 3.89. The fourth-order valence-corrected chi connectivity index (χ4v) is 3.89. The Labute approximate surface area is 186 Å². The van der Waals surface area contributed by atoms with Gasteiger partial charge >= 0.3 is 0 Å². The zero-order valence-corrected chi connectivity index (χ0v) is 16.8. The molecule has 12 nitrogen and oxygen atoms in total. The van der Waals surface area contributed by atoms with E-state index >= 15 is 0 Å². The topological polar surface area (TPSA) is 207 Å². The first-order valence-electron chi connectivity index (χ1n) is 9.86. The third-order valence-electron chi connectivity index (χ3n) is 5.48. The van der Waals surface area contributed by atoms with Crippen LogP contribution in [0.1, 0.15) is 22.0 Å². The number of carbonyl (C=O) groups is 1. The minimum atomic E-state index is -1.83. The number of rotatable bonds is 4. The summed E-state index contributed by atoms with van der Waals surface area (Å²) in [6.45, 7) is -0.729. The molecule has 7 unspecified atom stereocenters. The Morgan fingerprint density at radius 1 is 0.848 bits per heavy atom. The van der Waals surface area contributed by atoms with Gasteiger partial charge in [0.05, 0.1) is 6.61 Å². The highest BCUT2D eigenvalue weighted by atomic mass is 16.7. The number of phenolic OH excluding ortho intramolecular Hbond substituents is 4. The van der Waals surface area contributed by atoms with Crippen LogP contribution in [-0.4, -0.2) is 90.1 Å². The largest absolute Gasteiger partial charge is 0.508 e. The first-order chi connectivity index (χ1) is 15.6. The van der Waals surface area contributed by atoms with Crippen molar-refractivity contribution in [2.75, 3.05) is 6.61 Å². The average Bonchev–Trinajstić information content (AvgIpc) is 2.74. The molecule has 0 radical (unpaired) electrons. The van der Waals surface area contributed by atoms with Crippen LogP contribution in [0.25, 0.3) is 0 Å². The van der Waals surface area contributed by atoms with Gasteiger partial charge in [-0.3, -0.25) is 4.79 Å². The predicted octanol–water partition coefficient (Wildman–Crippen LogP) is -0.990. The van der Waals surface area contributed by atoms with E-state index in [4.69, 9.17) is 14.2 Å². The number of benzene rings is 2. The molecule has 1 fully saturated rings. The van der Waals surface area contributed by atoms with E-state index in [1.165, 1.54) is 12.1 Å². The van der Waals surface area contributed by atoms with Crippen LogP contribution in [-0.2, 0) is 9.47 Å². The third-order valence-corrected chi connectivity index (χ3v) is 5.48. The van der Waals surface area contributed by atoms with Crippen LogP contribution in [0.5, 0.6) is 28.7 Å². The molecule has 0 spiro atoms. The highest BCUT2D eigenvalue weighted by Gasteiger charge is 2.49. The maximum atomic E-state index is 13.3. The zero-order valence-electron chi connectivity index (χ0n) is 16.8. The maximum absolute atomic E-state index is 13.3. The SMILES string of the molecule is O=C1c2c(O)cc(O)cc2OC(c2cc(O)cc(O)c2)C1OC1OC(CO)C(O)C(O)C1O. The van der Waals surface area contributed by atoms with E-state index in [1.807, 2.05) is 0 Å². The van der Waals surface area contributed by atoms with E-state index in [0.29, 0.717) is 0 Å². The number of hydrogen-bond acceptors (Lipinski definition) is 12. The molecular formula is C21H22O12. The number of phenols is 4. The number of carbonyl (C=O) groups excluding carboxylic acids is 1. The van der Waals surface area contributed by atoms with Gasteiger partial charge in [-0.1, -0.05) is 0 Å². The minimum Gasteiger partial charge on any atom is -0.508 e. The van der Waals surface area contributed by atoms with Crippen molar-refractivity contribution < 1.29 is 59.9 Å². The second kappa shape index (κ2) is 8.67. The Kier molecular flexibility index (Phi) is 6.05. The summed E-state index contributed by atoms with van der Waals surface area (Å²) < 4.78 is 16.7. The molecule has 2 aromatic rings. The molecule has 2 aromatic carbocycles. The summed E-state index contributed by atoms with van der Waals surface area (Å²) in [6, 6.07) is 5.37. The Morgan fingerprint density at radius 2 is 1.48 bits per heavy atom. The van der Waals surface area contributed by atoms with Crippen LogP contribution >= 0.6 is 0 Å². The van der Waals surface area contributed by atoms with Gasteiger partial charge in [0.15, 0.2) is 18.5 Å². The van der Waals surface area contributed by atoms with Crippen LogP contribution in [0.2, 0.25) is 0 Å². The van der Waals surface area contributed by atoms with Crippen molar-refractivity contribution in [1.29, 1.82) is 0 Å². The Hall–Kier alpha value is -3.13. The van der Waals surface area contributed by atoms with Crippen molar-refractivity contribution in [3.8, 4) is 28.7 Å². The molecule has 7 atom stereocenters. The van der Waals surface area contributed by atoms with Crippen molar-refractivity contribution in [2.45, 2.75) is 42.9 Å². The van der Waals surface area contributed by atoms with E-state index < -0.39 is 66.8 Å². The summed E-state index contributed by atoms with van der Waals surface area (Å²) >= 11 is 0.